The van der Waals surface area contributed by atoms with Gasteiger partial charge in [0, 0.05) is 17.9 Å². The topological polar surface area (TPSA) is 55.4 Å². The molecule has 2 unspecified atom stereocenters. The third kappa shape index (κ3) is 3.71. The van der Waals surface area contributed by atoms with Crippen LogP contribution in [0, 0.1) is 0 Å². The average molecular weight is 249 g/mol. The highest BCUT2D eigenvalue weighted by atomic mass is 32.2. The normalized spacial score (nSPS) is 30.8. The van der Waals surface area contributed by atoms with Gasteiger partial charge in [0.25, 0.3) is 0 Å². The summed E-state index contributed by atoms with van der Waals surface area (Å²) in [7, 11) is -2.82. The molecule has 0 aromatic carbocycles. The summed E-state index contributed by atoms with van der Waals surface area (Å²) in [6, 6.07) is 0. The second-order valence-corrected chi connectivity index (χ2v) is 7.17. The maximum absolute atomic E-state index is 11.3. The van der Waals surface area contributed by atoms with Crippen molar-refractivity contribution in [1.29, 1.82) is 0 Å². The maximum atomic E-state index is 11.3. The fraction of sp³-hybridized carbons (Fsp3) is 1.00. The Morgan fingerprint density at radius 1 is 1.50 bits per heavy atom. The molecule has 1 aliphatic rings. The van der Waals surface area contributed by atoms with Crippen LogP contribution in [0.15, 0.2) is 0 Å². The lowest BCUT2D eigenvalue weighted by atomic mass is 9.95. The number of ether oxygens (including phenoxy) is 1. The minimum atomic E-state index is -2.82. The van der Waals surface area contributed by atoms with Gasteiger partial charge in [0.15, 0.2) is 0 Å². The Morgan fingerprint density at radius 2 is 2.19 bits per heavy atom. The summed E-state index contributed by atoms with van der Waals surface area (Å²) in [6.07, 6.45) is 1.88. The molecule has 1 rings (SSSR count). The van der Waals surface area contributed by atoms with Crippen molar-refractivity contribution in [2.45, 2.75) is 45.3 Å². The van der Waals surface area contributed by atoms with Gasteiger partial charge in [-0.15, -0.1) is 0 Å². The SMILES string of the molecule is CCS(=O)(=O)CCCNC1(C)CCOC1C. The quantitative estimate of drug-likeness (QED) is 0.713. The van der Waals surface area contributed by atoms with E-state index in [-0.39, 0.29) is 23.1 Å². The first-order chi connectivity index (χ1) is 7.40. The van der Waals surface area contributed by atoms with Gasteiger partial charge in [-0.1, -0.05) is 6.92 Å². The van der Waals surface area contributed by atoms with E-state index in [9.17, 15) is 8.42 Å². The Balaban J connectivity index is 2.26. The van der Waals surface area contributed by atoms with Crippen molar-refractivity contribution in [3.8, 4) is 0 Å². The van der Waals surface area contributed by atoms with E-state index in [1.165, 1.54) is 0 Å². The molecule has 1 fully saturated rings. The molecular weight excluding hydrogens is 226 g/mol. The van der Waals surface area contributed by atoms with Gasteiger partial charge in [-0.05, 0) is 33.2 Å². The van der Waals surface area contributed by atoms with Crippen LogP contribution in [0.1, 0.15) is 33.6 Å². The number of nitrogens with one attached hydrogen (secondary N) is 1. The van der Waals surface area contributed by atoms with Crippen molar-refractivity contribution < 1.29 is 13.2 Å². The fourth-order valence-electron chi connectivity index (χ4n) is 1.88. The van der Waals surface area contributed by atoms with Gasteiger partial charge >= 0.3 is 0 Å². The van der Waals surface area contributed by atoms with Crippen molar-refractivity contribution in [3.05, 3.63) is 0 Å². The molecule has 1 N–H and O–H groups in total. The number of hydrogen-bond acceptors (Lipinski definition) is 4. The zero-order chi connectivity index (χ0) is 12.2. The van der Waals surface area contributed by atoms with Gasteiger partial charge in [0.1, 0.15) is 9.84 Å². The highest BCUT2D eigenvalue weighted by Gasteiger charge is 2.36. The van der Waals surface area contributed by atoms with Crippen LogP contribution in [0.3, 0.4) is 0 Å². The van der Waals surface area contributed by atoms with Gasteiger partial charge in [-0.2, -0.15) is 0 Å². The Hall–Kier alpha value is -0.130. The number of hydrogen-bond donors (Lipinski definition) is 1. The van der Waals surface area contributed by atoms with E-state index in [2.05, 4.69) is 19.2 Å². The molecule has 0 aromatic rings. The Bertz CT molecular complexity index is 315. The highest BCUT2D eigenvalue weighted by molar-refractivity contribution is 7.91. The molecule has 0 spiro atoms. The Morgan fingerprint density at radius 3 is 2.69 bits per heavy atom. The summed E-state index contributed by atoms with van der Waals surface area (Å²) in [5.74, 6) is 0.519. The number of sulfone groups is 1. The average Bonchev–Trinajstić information content (AvgIpc) is 2.55. The first-order valence-corrected chi connectivity index (χ1v) is 7.79. The van der Waals surface area contributed by atoms with E-state index < -0.39 is 9.84 Å². The lowest BCUT2D eigenvalue weighted by Crippen LogP contribution is -2.48. The van der Waals surface area contributed by atoms with E-state index in [0.717, 1.165) is 19.6 Å². The van der Waals surface area contributed by atoms with E-state index >= 15 is 0 Å². The summed E-state index contributed by atoms with van der Waals surface area (Å²) >= 11 is 0. The van der Waals surface area contributed by atoms with Gasteiger partial charge in [-0.3, -0.25) is 0 Å². The standard InChI is InChI=1S/C11H23NO3S/c1-4-16(13,14)9-5-7-12-11(3)6-8-15-10(11)2/h10,12H,4-9H2,1-3H3. The second kappa shape index (κ2) is 5.47. The first kappa shape index (κ1) is 13.9. The third-order valence-corrected chi connectivity index (χ3v) is 5.28. The van der Waals surface area contributed by atoms with Crippen molar-refractivity contribution in [2.75, 3.05) is 24.7 Å². The van der Waals surface area contributed by atoms with Gasteiger partial charge in [0.05, 0.1) is 11.9 Å². The second-order valence-electron chi connectivity index (χ2n) is 4.70. The summed E-state index contributed by atoms with van der Waals surface area (Å²) < 4.78 is 28.1. The van der Waals surface area contributed by atoms with Crippen LogP contribution in [-0.2, 0) is 14.6 Å². The minimum Gasteiger partial charge on any atom is -0.377 e. The minimum absolute atomic E-state index is 0.00990. The molecule has 1 aliphatic heterocycles. The smallest absolute Gasteiger partial charge is 0.150 e. The lowest BCUT2D eigenvalue weighted by molar-refractivity contribution is 0.0889. The molecule has 0 amide bonds. The molecule has 4 nitrogen and oxygen atoms in total. The molecule has 2 atom stereocenters. The van der Waals surface area contributed by atoms with Crippen LogP contribution in [0.25, 0.3) is 0 Å². The molecule has 0 aliphatic carbocycles. The molecule has 5 heteroatoms. The summed E-state index contributed by atoms with van der Waals surface area (Å²) in [5.41, 5.74) is 0.00990. The molecule has 0 bridgehead atoms. The van der Waals surface area contributed by atoms with Crippen LogP contribution >= 0.6 is 0 Å². The van der Waals surface area contributed by atoms with Crippen molar-refractivity contribution in [1.82, 2.24) is 5.32 Å². The molecule has 16 heavy (non-hydrogen) atoms. The summed E-state index contributed by atoms with van der Waals surface area (Å²) in [6.45, 7) is 7.42. The van der Waals surface area contributed by atoms with Crippen molar-refractivity contribution >= 4 is 9.84 Å². The molecule has 1 heterocycles. The van der Waals surface area contributed by atoms with Gasteiger partial charge < -0.3 is 10.1 Å². The molecule has 96 valence electrons. The van der Waals surface area contributed by atoms with E-state index in [1.54, 1.807) is 6.92 Å². The van der Waals surface area contributed by atoms with Crippen molar-refractivity contribution in [2.24, 2.45) is 0 Å². The van der Waals surface area contributed by atoms with E-state index in [0.29, 0.717) is 6.42 Å². The Labute approximate surface area is 98.7 Å². The summed E-state index contributed by atoms with van der Waals surface area (Å²) in [4.78, 5) is 0. The predicted molar refractivity (Wildman–Crippen MR) is 65.4 cm³/mol. The highest BCUT2D eigenvalue weighted by Crippen LogP contribution is 2.24. The van der Waals surface area contributed by atoms with Crippen LogP contribution in [0.2, 0.25) is 0 Å². The van der Waals surface area contributed by atoms with E-state index in [1.807, 2.05) is 0 Å². The van der Waals surface area contributed by atoms with Gasteiger partial charge in [0.2, 0.25) is 0 Å². The van der Waals surface area contributed by atoms with Crippen LogP contribution in [0.4, 0.5) is 0 Å². The largest absolute Gasteiger partial charge is 0.377 e. The third-order valence-electron chi connectivity index (χ3n) is 3.49. The summed E-state index contributed by atoms with van der Waals surface area (Å²) in [5, 5.41) is 3.41. The zero-order valence-corrected chi connectivity index (χ0v) is 11.3. The van der Waals surface area contributed by atoms with Crippen LogP contribution in [-0.4, -0.2) is 44.7 Å². The molecular formula is C11H23NO3S. The number of rotatable bonds is 6. The Kier molecular flexibility index (Phi) is 4.76. The molecule has 0 radical (unpaired) electrons. The maximum Gasteiger partial charge on any atom is 0.150 e. The molecule has 0 saturated carbocycles. The van der Waals surface area contributed by atoms with Crippen LogP contribution < -0.4 is 5.32 Å². The molecule has 1 saturated heterocycles. The monoisotopic (exact) mass is 249 g/mol. The zero-order valence-electron chi connectivity index (χ0n) is 10.5. The fourth-order valence-corrected chi connectivity index (χ4v) is 2.75. The van der Waals surface area contributed by atoms with Crippen molar-refractivity contribution in [3.63, 3.8) is 0 Å². The molecule has 0 aromatic heterocycles. The van der Waals surface area contributed by atoms with Gasteiger partial charge in [-0.25, -0.2) is 8.42 Å². The van der Waals surface area contributed by atoms with E-state index in [4.69, 9.17) is 4.74 Å². The predicted octanol–water partition coefficient (Wildman–Crippen LogP) is 0.968. The lowest BCUT2D eigenvalue weighted by Gasteiger charge is -2.29. The first-order valence-electron chi connectivity index (χ1n) is 5.97. The van der Waals surface area contributed by atoms with Crippen LogP contribution in [0.5, 0.6) is 0 Å².